The molecule has 1 atom stereocenters. The van der Waals surface area contributed by atoms with E-state index < -0.39 is 5.25 Å². The van der Waals surface area contributed by atoms with Crippen LogP contribution in [0.1, 0.15) is 32.5 Å². The van der Waals surface area contributed by atoms with E-state index in [0.717, 1.165) is 13.0 Å². The lowest BCUT2D eigenvalue weighted by Crippen LogP contribution is -2.26. The third kappa shape index (κ3) is 4.04. The Bertz CT molecular complexity index is 780. The number of ether oxygens (including phenoxy) is 1. The molecule has 0 unspecified atom stereocenters. The van der Waals surface area contributed by atoms with Gasteiger partial charge in [0.05, 0.1) is 13.2 Å². The molecule has 2 aromatic heterocycles. The van der Waals surface area contributed by atoms with Gasteiger partial charge in [-0.05, 0) is 32.4 Å². The maximum Gasteiger partial charge on any atom is 0.319 e. The van der Waals surface area contributed by atoms with E-state index in [9.17, 15) is 9.59 Å². The van der Waals surface area contributed by atoms with E-state index in [1.54, 1.807) is 29.5 Å². The quantitative estimate of drug-likeness (QED) is 0.539. The van der Waals surface area contributed by atoms with Crippen LogP contribution in [0.15, 0.2) is 29.6 Å². The van der Waals surface area contributed by atoms with Gasteiger partial charge in [-0.1, -0.05) is 17.8 Å². The summed E-state index contributed by atoms with van der Waals surface area (Å²) in [6.45, 7) is 4.96. The number of pyridine rings is 1. The number of hydrogen-bond acceptors (Lipinski definition) is 7. The van der Waals surface area contributed by atoms with Gasteiger partial charge in [0.25, 0.3) is 0 Å². The summed E-state index contributed by atoms with van der Waals surface area (Å²) >= 11 is 1.26. The second kappa shape index (κ2) is 8.31. The molecule has 1 aliphatic rings. The van der Waals surface area contributed by atoms with E-state index in [4.69, 9.17) is 4.74 Å². The Labute approximate surface area is 155 Å². The molecule has 26 heavy (non-hydrogen) atoms. The van der Waals surface area contributed by atoms with E-state index in [1.165, 1.54) is 11.8 Å². The van der Waals surface area contributed by atoms with Crippen molar-refractivity contribution in [3.63, 3.8) is 0 Å². The molecule has 1 aliphatic heterocycles. The monoisotopic (exact) mass is 375 g/mol. The third-order valence-electron chi connectivity index (χ3n) is 3.98. The first-order valence-electron chi connectivity index (χ1n) is 8.57. The van der Waals surface area contributed by atoms with Gasteiger partial charge in [0, 0.05) is 19.2 Å². The van der Waals surface area contributed by atoms with Crippen LogP contribution in [-0.2, 0) is 20.9 Å². The summed E-state index contributed by atoms with van der Waals surface area (Å²) in [5.41, 5.74) is 0. The van der Waals surface area contributed by atoms with Gasteiger partial charge in [0.15, 0.2) is 11.0 Å². The maximum absolute atomic E-state index is 12.0. The number of likely N-dealkylation sites (tertiary alicyclic amines) is 1. The van der Waals surface area contributed by atoms with Crippen molar-refractivity contribution in [3.05, 3.63) is 30.2 Å². The molecule has 0 N–H and O–H groups in total. The number of esters is 1. The van der Waals surface area contributed by atoms with E-state index >= 15 is 0 Å². The van der Waals surface area contributed by atoms with Crippen molar-refractivity contribution < 1.29 is 14.3 Å². The number of hydrogen-bond donors (Lipinski definition) is 0. The Hall–Kier alpha value is -2.42. The van der Waals surface area contributed by atoms with Gasteiger partial charge in [-0.15, -0.1) is 10.2 Å². The highest BCUT2D eigenvalue weighted by Crippen LogP contribution is 2.26. The maximum atomic E-state index is 12.0. The number of aromatic nitrogens is 4. The minimum atomic E-state index is -0.428. The van der Waals surface area contributed by atoms with Gasteiger partial charge in [0.2, 0.25) is 5.91 Å². The molecule has 0 aromatic carbocycles. The van der Waals surface area contributed by atoms with Gasteiger partial charge in [-0.25, -0.2) is 4.98 Å². The highest BCUT2D eigenvalue weighted by molar-refractivity contribution is 8.00. The molecule has 0 spiro atoms. The van der Waals surface area contributed by atoms with Crippen molar-refractivity contribution in [3.8, 4) is 5.82 Å². The molecule has 0 saturated carbocycles. The number of carbonyl (C=O) groups excluding carboxylic acids is 2. The minimum absolute atomic E-state index is 0.120. The molecule has 2 aromatic rings. The number of rotatable bonds is 7. The lowest BCUT2D eigenvalue weighted by Gasteiger charge is -2.16. The summed E-state index contributed by atoms with van der Waals surface area (Å²) in [5, 5.41) is 8.61. The number of nitrogens with zero attached hydrogens (tertiary/aromatic N) is 5. The van der Waals surface area contributed by atoms with Gasteiger partial charge < -0.3 is 9.64 Å². The van der Waals surface area contributed by atoms with Crippen LogP contribution in [-0.4, -0.2) is 54.9 Å². The average Bonchev–Trinajstić information content (AvgIpc) is 3.22. The lowest BCUT2D eigenvalue weighted by molar-refractivity contribution is -0.142. The highest BCUT2D eigenvalue weighted by atomic mass is 32.2. The standard InChI is InChI=1S/C17H21N5O3S/c1-3-25-16(24)12(2)26-17-20-19-14(11-21-10-6-8-15(21)23)22(17)13-7-4-5-9-18-13/h4-5,7,9,12H,3,6,8,10-11H2,1-2H3/t12-/m0/s1. The molecule has 0 radical (unpaired) electrons. The molecule has 1 saturated heterocycles. The van der Waals surface area contributed by atoms with Crippen LogP contribution in [0.25, 0.3) is 5.82 Å². The largest absolute Gasteiger partial charge is 0.465 e. The van der Waals surface area contributed by atoms with Crippen LogP contribution < -0.4 is 0 Å². The highest BCUT2D eigenvalue weighted by Gasteiger charge is 2.26. The van der Waals surface area contributed by atoms with Crippen molar-refractivity contribution in [2.24, 2.45) is 0 Å². The van der Waals surface area contributed by atoms with Gasteiger partial charge >= 0.3 is 5.97 Å². The number of carbonyl (C=O) groups is 2. The van der Waals surface area contributed by atoms with Crippen LogP contribution in [0.3, 0.4) is 0 Å². The van der Waals surface area contributed by atoms with Crippen LogP contribution in [0.5, 0.6) is 0 Å². The summed E-state index contributed by atoms with van der Waals surface area (Å²) in [7, 11) is 0. The zero-order valence-corrected chi connectivity index (χ0v) is 15.6. The molecule has 1 amide bonds. The van der Waals surface area contributed by atoms with E-state index in [2.05, 4.69) is 15.2 Å². The molecule has 3 rings (SSSR count). The molecular weight excluding hydrogens is 354 g/mol. The minimum Gasteiger partial charge on any atom is -0.465 e. The summed E-state index contributed by atoms with van der Waals surface area (Å²) in [5.74, 6) is 1.09. The fraction of sp³-hybridized carbons (Fsp3) is 0.471. The van der Waals surface area contributed by atoms with Gasteiger partial charge in [0.1, 0.15) is 11.1 Å². The number of amides is 1. The number of thioether (sulfide) groups is 1. The van der Waals surface area contributed by atoms with Crippen molar-refractivity contribution in [2.45, 2.75) is 43.6 Å². The second-order valence-corrected chi connectivity index (χ2v) is 7.16. The zero-order chi connectivity index (χ0) is 18.5. The summed E-state index contributed by atoms with van der Waals surface area (Å²) in [6, 6.07) is 5.54. The topological polar surface area (TPSA) is 90.2 Å². The van der Waals surface area contributed by atoms with Crippen LogP contribution in [0, 0.1) is 0 Å². The Morgan fingerprint density at radius 3 is 2.88 bits per heavy atom. The van der Waals surface area contributed by atoms with Gasteiger partial charge in [-0.2, -0.15) is 0 Å². The van der Waals surface area contributed by atoms with Crippen molar-refractivity contribution >= 4 is 23.6 Å². The van der Waals surface area contributed by atoms with Crippen LogP contribution in [0.4, 0.5) is 0 Å². The second-order valence-electron chi connectivity index (χ2n) is 5.85. The zero-order valence-electron chi connectivity index (χ0n) is 14.8. The molecular formula is C17H21N5O3S. The fourth-order valence-electron chi connectivity index (χ4n) is 2.70. The van der Waals surface area contributed by atoms with E-state index in [0.29, 0.717) is 36.4 Å². The average molecular weight is 375 g/mol. The first-order valence-corrected chi connectivity index (χ1v) is 9.45. The molecule has 0 aliphatic carbocycles. The molecule has 9 heteroatoms. The van der Waals surface area contributed by atoms with Crippen molar-refractivity contribution in [2.75, 3.05) is 13.2 Å². The SMILES string of the molecule is CCOC(=O)[C@H](C)Sc1nnc(CN2CCCC2=O)n1-c1ccccn1. The summed E-state index contributed by atoms with van der Waals surface area (Å²) in [4.78, 5) is 30.1. The molecule has 138 valence electrons. The first-order chi connectivity index (χ1) is 12.6. The van der Waals surface area contributed by atoms with E-state index in [1.807, 2.05) is 18.2 Å². The molecule has 8 nitrogen and oxygen atoms in total. The Kier molecular flexibility index (Phi) is 5.87. The predicted molar refractivity (Wildman–Crippen MR) is 95.8 cm³/mol. The van der Waals surface area contributed by atoms with Crippen molar-refractivity contribution in [1.82, 2.24) is 24.6 Å². The van der Waals surface area contributed by atoms with E-state index in [-0.39, 0.29) is 11.9 Å². The smallest absolute Gasteiger partial charge is 0.319 e. The van der Waals surface area contributed by atoms with Crippen LogP contribution >= 0.6 is 11.8 Å². The first kappa shape index (κ1) is 18.4. The molecule has 0 bridgehead atoms. The lowest BCUT2D eigenvalue weighted by atomic mass is 10.4. The normalized spacial score (nSPS) is 15.3. The summed E-state index contributed by atoms with van der Waals surface area (Å²) < 4.78 is 6.86. The van der Waals surface area contributed by atoms with Crippen LogP contribution in [0.2, 0.25) is 0 Å². The Morgan fingerprint density at radius 2 is 2.23 bits per heavy atom. The molecule has 3 heterocycles. The summed E-state index contributed by atoms with van der Waals surface area (Å²) in [6.07, 6.45) is 3.11. The predicted octanol–water partition coefficient (Wildman–Crippen LogP) is 1.83. The molecule has 1 fully saturated rings. The van der Waals surface area contributed by atoms with Gasteiger partial charge in [-0.3, -0.25) is 14.2 Å². The van der Waals surface area contributed by atoms with Crippen molar-refractivity contribution in [1.29, 1.82) is 0 Å². The third-order valence-corrected chi connectivity index (χ3v) is 5.00. The fourth-order valence-corrected chi connectivity index (χ4v) is 3.58. The Morgan fingerprint density at radius 1 is 1.38 bits per heavy atom. The Balaban J connectivity index is 1.89.